The fraction of sp³-hybridized carbons (Fsp3) is 0.348. The van der Waals surface area contributed by atoms with E-state index in [9.17, 15) is 9.59 Å². The second kappa shape index (κ2) is 8.17. The van der Waals surface area contributed by atoms with E-state index in [4.69, 9.17) is 5.73 Å². The molecule has 2 aromatic carbocycles. The molecule has 0 fully saturated rings. The molecule has 1 heterocycles. The molecule has 1 aliphatic carbocycles. The first-order valence-corrected chi connectivity index (χ1v) is 10.1. The number of nitrogens with two attached hydrogens (primary N) is 1. The van der Waals surface area contributed by atoms with Crippen molar-refractivity contribution in [2.45, 2.75) is 51.7 Å². The van der Waals surface area contributed by atoms with Crippen LogP contribution < -0.4 is 16.6 Å². The van der Waals surface area contributed by atoms with Crippen LogP contribution in [0.4, 0.5) is 0 Å². The Morgan fingerprint density at radius 3 is 2.72 bits per heavy atom. The second-order valence-corrected chi connectivity index (χ2v) is 7.74. The topological polar surface area (TPSA) is 90.0 Å². The molecule has 3 aromatic rings. The summed E-state index contributed by atoms with van der Waals surface area (Å²) in [6.45, 7) is 2.29. The zero-order chi connectivity index (χ0) is 20.4. The first kappa shape index (κ1) is 19.3. The molecule has 0 unspecified atom stereocenters. The minimum Gasteiger partial charge on any atom is -0.368 e. The molecule has 1 aromatic heterocycles. The van der Waals surface area contributed by atoms with E-state index in [0.717, 1.165) is 12.8 Å². The van der Waals surface area contributed by atoms with Crippen molar-refractivity contribution >= 4 is 16.8 Å². The fourth-order valence-electron chi connectivity index (χ4n) is 4.05. The smallest absolute Gasteiger partial charge is 0.261 e. The predicted molar refractivity (Wildman–Crippen MR) is 114 cm³/mol. The number of amides is 1. The van der Waals surface area contributed by atoms with Crippen LogP contribution in [-0.2, 0) is 30.7 Å². The number of nitrogens with zero attached hydrogens (tertiary/aromatic N) is 2. The van der Waals surface area contributed by atoms with Crippen molar-refractivity contribution in [3.63, 3.8) is 0 Å². The van der Waals surface area contributed by atoms with Crippen LogP contribution in [0.2, 0.25) is 0 Å². The number of carbonyl (C=O) groups excluding carboxylic acids is 1. The molecule has 29 heavy (non-hydrogen) atoms. The molecule has 6 nitrogen and oxygen atoms in total. The largest absolute Gasteiger partial charge is 0.368 e. The van der Waals surface area contributed by atoms with E-state index in [1.54, 1.807) is 12.1 Å². The zero-order valence-electron chi connectivity index (χ0n) is 16.6. The van der Waals surface area contributed by atoms with Crippen molar-refractivity contribution < 1.29 is 4.79 Å². The van der Waals surface area contributed by atoms with Crippen LogP contribution in [-0.4, -0.2) is 15.5 Å². The van der Waals surface area contributed by atoms with E-state index >= 15 is 0 Å². The minimum absolute atomic E-state index is 0.0904. The SMILES string of the molecule is C[C@H](NCc1nc2ccccc2c(=O)n1CC(N)=O)c1ccc2c(c1)CCCC2. The number of aromatic nitrogens is 2. The summed E-state index contributed by atoms with van der Waals surface area (Å²) in [5.74, 6) is -0.0505. The van der Waals surface area contributed by atoms with Crippen molar-refractivity contribution in [1.29, 1.82) is 0 Å². The number of nitrogens with one attached hydrogen (secondary N) is 1. The lowest BCUT2D eigenvalue weighted by molar-refractivity contribution is -0.118. The third kappa shape index (κ3) is 4.07. The minimum atomic E-state index is -0.562. The molecule has 1 aliphatic rings. The van der Waals surface area contributed by atoms with E-state index < -0.39 is 5.91 Å². The van der Waals surface area contributed by atoms with Gasteiger partial charge < -0.3 is 11.1 Å². The first-order valence-electron chi connectivity index (χ1n) is 10.1. The maximum Gasteiger partial charge on any atom is 0.261 e. The Balaban J connectivity index is 1.60. The van der Waals surface area contributed by atoms with Gasteiger partial charge in [0.25, 0.3) is 5.56 Å². The van der Waals surface area contributed by atoms with Crippen molar-refractivity contribution in [1.82, 2.24) is 14.9 Å². The predicted octanol–water partition coefficient (Wildman–Crippen LogP) is 2.61. The highest BCUT2D eigenvalue weighted by molar-refractivity contribution is 5.78. The van der Waals surface area contributed by atoms with Gasteiger partial charge in [0.05, 0.1) is 17.4 Å². The summed E-state index contributed by atoms with van der Waals surface area (Å²) < 4.78 is 1.37. The zero-order valence-corrected chi connectivity index (χ0v) is 16.6. The average molecular weight is 390 g/mol. The van der Waals surface area contributed by atoms with Crippen molar-refractivity contribution in [3.8, 4) is 0 Å². The van der Waals surface area contributed by atoms with E-state index in [-0.39, 0.29) is 18.1 Å². The molecule has 4 rings (SSSR count). The Hall–Kier alpha value is -2.99. The molecular formula is C23H26N4O2. The van der Waals surface area contributed by atoms with Crippen LogP contribution in [0.5, 0.6) is 0 Å². The number of primary amides is 1. The standard InChI is InChI=1S/C23H26N4O2/c1-15(17-11-10-16-6-2-3-7-18(16)12-17)25-13-22-26-20-9-5-4-8-19(20)23(29)27(22)14-21(24)28/h4-5,8-12,15,25H,2-3,6-7,13-14H2,1H3,(H2,24,28)/t15-/m0/s1. The van der Waals surface area contributed by atoms with Gasteiger partial charge in [-0.3, -0.25) is 14.2 Å². The van der Waals surface area contributed by atoms with Gasteiger partial charge >= 0.3 is 0 Å². The molecule has 0 spiro atoms. The molecule has 1 amide bonds. The third-order valence-electron chi connectivity index (χ3n) is 5.69. The Labute approximate surface area is 169 Å². The van der Waals surface area contributed by atoms with E-state index in [1.807, 2.05) is 12.1 Å². The molecule has 0 radical (unpaired) electrons. The number of hydrogen-bond donors (Lipinski definition) is 2. The van der Waals surface area contributed by atoms with Crippen molar-refractivity contribution in [3.05, 3.63) is 75.3 Å². The van der Waals surface area contributed by atoms with Gasteiger partial charge in [0, 0.05) is 6.04 Å². The molecule has 3 N–H and O–H groups in total. The van der Waals surface area contributed by atoms with Gasteiger partial charge in [-0.1, -0.05) is 30.3 Å². The highest BCUT2D eigenvalue weighted by Gasteiger charge is 2.15. The second-order valence-electron chi connectivity index (χ2n) is 7.74. The van der Waals surface area contributed by atoms with E-state index in [2.05, 4.69) is 35.4 Å². The Kier molecular flexibility index (Phi) is 5.45. The lowest BCUT2D eigenvalue weighted by atomic mass is 9.89. The lowest BCUT2D eigenvalue weighted by Crippen LogP contribution is -2.33. The van der Waals surface area contributed by atoms with Crippen LogP contribution in [0.1, 0.15) is 48.3 Å². The highest BCUT2D eigenvalue weighted by Crippen LogP contribution is 2.25. The molecule has 1 atom stereocenters. The quantitative estimate of drug-likeness (QED) is 0.677. The van der Waals surface area contributed by atoms with Crippen molar-refractivity contribution in [2.75, 3.05) is 0 Å². The van der Waals surface area contributed by atoms with Crippen LogP contribution in [0.25, 0.3) is 10.9 Å². The number of para-hydroxylation sites is 1. The van der Waals surface area contributed by atoms with Crippen LogP contribution in [0.3, 0.4) is 0 Å². The molecule has 0 bridgehead atoms. The van der Waals surface area contributed by atoms with Crippen LogP contribution in [0.15, 0.2) is 47.3 Å². The Morgan fingerprint density at radius 2 is 1.93 bits per heavy atom. The van der Waals surface area contributed by atoms with Gasteiger partial charge in [-0.05, 0) is 61.4 Å². The summed E-state index contributed by atoms with van der Waals surface area (Å²) in [5, 5.41) is 3.94. The maximum atomic E-state index is 12.8. The number of aryl methyl sites for hydroxylation is 2. The van der Waals surface area contributed by atoms with Gasteiger partial charge in [0.2, 0.25) is 5.91 Å². The molecule has 0 saturated heterocycles. The van der Waals surface area contributed by atoms with Gasteiger partial charge in [-0.25, -0.2) is 4.98 Å². The normalized spacial score (nSPS) is 14.5. The first-order chi connectivity index (χ1) is 14.0. The fourth-order valence-corrected chi connectivity index (χ4v) is 4.05. The molecule has 0 aliphatic heterocycles. The average Bonchev–Trinajstić information content (AvgIpc) is 2.73. The number of rotatable bonds is 6. The Bertz CT molecular complexity index is 1120. The van der Waals surface area contributed by atoms with Crippen LogP contribution in [0, 0.1) is 0 Å². The van der Waals surface area contributed by atoms with Crippen molar-refractivity contribution in [2.24, 2.45) is 5.73 Å². The summed E-state index contributed by atoms with van der Waals surface area (Å²) in [4.78, 5) is 29.0. The Morgan fingerprint density at radius 1 is 1.17 bits per heavy atom. The highest BCUT2D eigenvalue weighted by atomic mass is 16.2. The summed E-state index contributed by atoms with van der Waals surface area (Å²) in [5.41, 5.74) is 9.87. The number of carbonyl (C=O) groups is 1. The van der Waals surface area contributed by atoms with E-state index in [1.165, 1.54) is 34.1 Å². The third-order valence-corrected chi connectivity index (χ3v) is 5.69. The van der Waals surface area contributed by atoms with Crippen LogP contribution >= 0.6 is 0 Å². The monoisotopic (exact) mass is 390 g/mol. The summed E-state index contributed by atoms with van der Waals surface area (Å²) in [7, 11) is 0. The molecule has 0 saturated carbocycles. The summed E-state index contributed by atoms with van der Waals surface area (Å²) in [6, 6.07) is 13.9. The molecular weight excluding hydrogens is 364 g/mol. The number of hydrogen-bond acceptors (Lipinski definition) is 4. The lowest BCUT2D eigenvalue weighted by Gasteiger charge is -2.20. The molecule has 150 valence electrons. The number of benzene rings is 2. The van der Waals surface area contributed by atoms with Gasteiger partial charge in [-0.15, -0.1) is 0 Å². The van der Waals surface area contributed by atoms with Gasteiger partial charge in [0.1, 0.15) is 12.4 Å². The summed E-state index contributed by atoms with van der Waals surface area (Å²) >= 11 is 0. The maximum absolute atomic E-state index is 12.8. The van der Waals surface area contributed by atoms with Gasteiger partial charge in [0.15, 0.2) is 0 Å². The summed E-state index contributed by atoms with van der Waals surface area (Å²) in [6.07, 6.45) is 4.82. The van der Waals surface area contributed by atoms with E-state index in [0.29, 0.717) is 23.3 Å². The number of fused-ring (bicyclic) bond motifs is 2. The van der Waals surface area contributed by atoms with Gasteiger partial charge in [-0.2, -0.15) is 0 Å². The molecule has 6 heteroatoms.